The van der Waals surface area contributed by atoms with Gasteiger partial charge < -0.3 is 5.73 Å². The quantitative estimate of drug-likeness (QED) is 0.720. The van der Waals surface area contributed by atoms with Gasteiger partial charge in [0.25, 0.3) is 0 Å². The lowest BCUT2D eigenvalue weighted by atomic mass is 10.1. The van der Waals surface area contributed by atoms with Crippen molar-refractivity contribution < 1.29 is 0 Å². The standard InChI is InChI=1S/C15H15N3/c1-10-2-5-12(6-3-10)15-13-7-4-11(9-16)8-14(13)17-18-15/h2-8H,9,16H2,1H3,(H,17,18). The third-order valence-corrected chi connectivity index (χ3v) is 3.19. The Morgan fingerprint density at radius 1 is 1.11 bits per heavy atom. The van der Waals surface area contributed by atoms with E-state index in [4.69, 9.17) is 5.73 Å². The van der Waals surface area contributed by atoms with E-state index in [0.717, 1.165) is 27.7 Å². The molecule has 18 heavy (non-hydrogen) atoms. The molecule has 0 amide bonds. The predicted octanol–water partition coefficient (Wildman–Crippen LogP) is 3.00. The Morgan fingerprint density at radius 3 is 2.61 bits per heavy atom. The van der Waals surface area contributed by atoms with Crippen LogP contribution in [-0.2, 0) is 6.54 Å². The molecule has 1 heterocycles. The number of hydrogen-bond donors (Lipinski definition) is 2. The van der Waals surface area contributed by atoms with Crippen molar-refractivity contribution in [2.75, 3.05) is 0 Å². The van der Waals surface area contributed by atoms with Crippen LogP contribution in [0.5, 0.6) is 0 Å². The first-order valence-corrected chi connectivity index (χ1v) is 6.02. The molecule has 0 bridgehead atoms. The second-order valence-electron chi connectivity index (χ2n) is 4.52. The van der Waals surface area contributed by atoms with Gasteiger partial charge in [-0.3, -0.25) is 5.10 Å². The molecule has 3 nitrogen and oxygen atoms in total. The smallest absolute Gasteiger partial charge is 0.0999 e. The zero-order valence-electron chi connectivity index (χ0n) is 10.3. The molecular weight excluding hydrogens is 222 g/mol. The number of H-pyrrole nitrogens is 1. The number of nitrogens with two attached hydrogens (primary N) is 1. The summed E-state index contributed by atoms with van der Waals surface area (Å²) in [6, 6.07) is 14.6. The molecule has 3 N–H and O–H groups in total. The summed E-state index contributed by atoms with van der Waals surface area (Å²) >= 11 is 0. The van der Waals surface area contributed by atoms with Crippen LogP contribution in [0.1, 0.15) is 11.1 Å². The van der Waals surface area contributed by atoms with E-state index in [9.17, 15) is 0 Å². The molecule has 0 aliphatic heterocycles. The molecule has 1 aromatic heterocycles. The lowest BCUT2D eigenvalue weighted by Crippen LogP contribution is -1.95. The second kappa shape index (κ2) is 4.27. The minimum absolute atomic E-state index is 0.550. The lowest BCUT2D eigenvalue weighted by molar-refractivity contribution is 1.07. The average molecular weight is 237 g/mol. The number of benzene rings is 2. The first-order chi connectivity index (χ1) is 8.78. The summed E-state index contributed by atoms with van der Waals surface area (Å²) in [6.07, 6.45) is 0. The maximum atomic E-state index is 5.64. The van der Waals surface area contributed by atoms with Gasteiger partial charge in [0.2, 0.25) is 0 Å². The second-order valence-corrected chi connectivity index (χ2v) is 4.52. The highest BCUT2D eigenvalue weighted by atomic mass is 15.1. The summed E-state index contributed by atoms with van der Waals surface area (Å²) in [5, 5.41) is 8.61. The molecule has 0 unspecified atom stereocenters. The van der Waals surface area contributed by atoms with Crippen molar-refractivity contribution in [2.45, 2.75) is 13.5 Å². The van der Waals surface area contributed by atoms with Crippen LogP contribution in [0.2, 0.25) is 0 Å². The van der Waals surface area contributed by atoms with Crippen molar-refractivity contribution in [3.63, 3.8) is 0 Å². The number of hydrogen-bond acceptors (Lipinski definition) is 2. The van der Waals surface area contributed by atoms with Gasteiger partial charge in [-0.05, 0) is 18.6 Å². The van der Waals surface area contributed by atoms with Crippen LogP contribution in [0.3, 0.4) is 0 Å². The van der Waals surface area contributed by atoms with E-state index >= 15 is 0 Å². The molecule has 3 heteroatoms. The van der Waals surface area contributed by atoms with E-state index in [1.807, 2.05) is 0 Å². The Labute approximate surface area is 106 Å². The van der Waals surface area contributed by atoms with E-state index in [-0.39, 0.29) is 0 Å². The number of fused-ring (bicyclic) bond motifs is 1. The maximum Gasteiger partial charge on any atom is 0.0999 e. The summed E-state index contributed by atoms with van der Waals surface area (Å²) in [4.78, 5) is 0. The van der Waals surface area contributed by atoms with Gasteiger partial charge in [-0.1, -0.05) is 42.0 Å². The van der Waals surface area contributed by atoms with Crippen LogP contribution in [0.4, 0.5) is 0 Å². The molecule has 0 aliphatic carbocycles. The van der Waals surface area contributed by atoms with Gasteiger partial charge in [0, 0.05) is 17.5 Å². The van der Waals surface area contributed by atoms with Crippen molar-refractivity contribution in [1.82, 2.24) is 10.2 Å². The van der Waals surface area contributed by atoms with E-state index < -0.39 is 0 Å². The van der Waals surface area contributed by atoms with Crippen molar-refractivity contribution in [3.05, 3.63) is 53.6 Å². The van der Waals surface area contributed by atoms with Crippen molar-refractivity contribution in [1.29, 1.82) is 0 Å². The number of rotatable bonds is 2. The Hall–Kier alpha value is -2.13. The van der Waals surface area contributed by atoms with E-state index in [0.29, 0.717) is 6.54 Å². The molecule has 3 rings (SSSR count). The molecule has 0 atom stereocenters. The first-order valence-electron chi connectivity index (χ1n) is 6.02. The maximum absolute atomic E-state index is 5.64. The number of aromatic amines is 1. The van der Waals surface area contributed by atoms with Crippen LogP contribution >= 0.6 is 0 Å². The Morgan fingerprint density at radius 2 is 1.89 bits per heavy atom. The highest BCUT2D eigenvalue weighted by Crippen LogP contribution is 2.26. The lowest BCUT2D eigenvalue weighted by Gasteiger charge is -2.00. The normalized spacial score (nSPS) is 11.0. The molecule has 2 aromatic carbocycles. The van der Waals surface area contributed by atoms with Crippen molar-refractivity contribution in [3.8, 4) is 11.3 Å². The SMILES string of the molecule is Cc1ccc(-c2n[nH]c3cc(CN)ccc23)cc1. The molecule has 90 valence electrons. The fourth-order valence-corrected chi connectivity index (χ4v) is 2.13. The third-order valence-electron chi connectivity index (χ3n) is 3.19. The fraction of sp³-hybridized carbons (Fsp3) is 0.133. The highest BCUT2D eigenvalue weighted by Gasteiger charge is 2.07. The molecule has 3 aromatic rings. The molecule has 0 aliphatic rings. The van der Waals surface area contributed by atoms with Crippen LogP contribution in [-0.4, -0.2) is 10.2 Å². The van der Waals surface area contributed by atoms with Crippen LogP contribution in [0.25, 0.3) is 22.2 Å². The number of nitrogens with zero attached hydrogens (tertiary/aromatic N) is 1. The molecule has 0 radical (unpaired) electrons. The molecule has 0 fully saturated rings. The van der Waals surface area contributed by atoms with E-state index in [1.165, 1.54) is 5.56 Å². The van der Waals surface area contributed by atoms with Gasteiger partial charge >= 0.3 is 0 Å². The average Bonchev–Trinajstić information content (AvgIpc) is 2.82. The minimum atomic E-state index is 0.550. The van der Waals surface area contributed by atoms with Crippen molar-refractivity contribution >= 4 is 10.9 Å². The van der Waals surface area contributed by atoms with Crippen LogP contribution in [0.15, 0.2) is 42.5 Å². The molecule has 0 saturated heterocycles. The topological polar surface area (TPSA) is 54.7 Å². The Kier molecular flexibility index (Phi) is 2.61. The van der Waals surface area contributed by atoms with Crippen LogP contribution in [0, 0.1) is 6.92 Å². The summed E-state index contributed by atoms with van der Waals surface area (Å²) in [7, 11) is 0. The number of aryl methyl sites for hydroxylation is 1. The number of aromatic nitrogens is 2. The zero-order chi connectivity index (χ0) is 12.5. The van der Waals surface area contributed by atoms with E-state index in [2.05, 4.69) is 59.6 Å². The number of nitrogens with one attached hydrogen (secondary N) is 1. The Balaban J connectivity index is 2.15. The zero-order valence-corrected chi connectivity index (χ0v) is 10.3. The van der Waals surface area contributed by atoms with Gasteiger partial charge in [-0.2, -0.15) is 5.10 Å². The monoisotopic (exact) mass is 237 g/mol. The van der Waals surface area contributed by atoms with Gasteiger partial charge in [0.05, 0.1) is 11.2 Å². The first kappa shape index (κ1) is 11.0. The van der Waals surface area contributed by atoms with E-state index in [1.54, 1.807) is 0 Å². The van der Waals surface area contributed by atoms with Gasteiger partial charge in [-0.15, -0.1) is 0 Å². The summed E-state index contributed by atoms with van der Waals surface area (Å²) < 4.78 is 0. The highest BCUT2D eigenvalue weighted by molar-refractivity contribution is 5.93. The Bertz CT molecular complexity index is 681. The van der Waals surface area contributed by atoms with Gasteiger partial charge in [0.1, 0.15) is 0 Å². The van der Waals surface area contributed by atoms with Gasteiger partial charge in [0.15, 0.2) is 0 Å². The molecule has 0 spiro atoms. The molecular formula is C15H15N3. The summed E-state index contributed by atoms with van der Waals surface area (Å²) in [5.74, 6) is 0. The fourth-order valence-electron chi connectivity index (χ4n) is 2.13. The van der Waals surface area contributed by atoms with Crippen LogP contribution < -0.4 is 5.73 Å². The summed E-state index contributed by atoms with van der Waals surface area (Å²) in [5.41, 5.74) is 11.2. The minimum Gasteiger partial charge on any atom is -0.326 e. The summed E-state index contributed by atoms with van der Waals surface area (Å²) in [6.45, 7) is 2.63. The van der Waals surface area contributed by atoms with Gasteiger partial charge in [-0.25, -0.2) is 0 Å². The predicted molar refractivity (Wildman–Crippen MR) is 74.2 cm³/mol. The largest absolute Gasteiger partial charge is 0.326 e. The van der Waals surface area contributed by atoms with Crippen molar-refractivity contribution in [2.24, 2.45) is 5.73 Å². The third kappa shape index (κ3) is 1.79. The molecule has 0 saturated carbocycles.